The largest absolute Gasteiger partial charge is 0.369 e. The Hall–Kier alpha value is -1.43. The molecule has 2 aliphatic rings. The number of nitrogens with zero attached hydrogens (tertiary/aromatic N) is 2. The number of morpholine rings is 1. The number of hydrogen-bond acceptors (Lipinski definition) is 3. The second-order valence-electron chi connectivity index (χ2n) is 5.18. The van der Waals surface area contributed by atoms with E-state index in [2.05, 4.69) is 33.3 Å². The molecule has 1 aromatic carbocycles. The number of hydrogen-bond donors (Lipinski definition) is 1. The molecule has 3 heterocycles. The normalized spacial score (nSPS) is 27.4. The third-order valence-corrected chi connectivity index (χ3v) is 3.99. The molecule has 0 aliphatic carbocycles. The smallest absolute Gasteiger partial charge is 0.153 e. The number of aromatic nitrogens is 2. The Morgan fingerprint density at radius 2 is 2.21 bits per heavy atom. The predicted molar refractivity (Wildman–Crippen MR) is 69.8 cm³/mol. The summed E-state index contributed by atoms with van der Waals surface area (Å²) in [6.07, 6.45) is 0.0847. The van der Waals surface area contributed by atoms with Gasteiger partial charge in [-0.1, -0.05) is 18.2 Å². The fourth-order valence-electron chi connectivity index (χ4n) is 3.11. The van der Waals surface area contributed by atoms with E-state index in [0.29, 0.717) is 6.04 Å². The van der Waals surface area contributed by atoms with Crippen molar-refractivity contribution in [3.63, 3.8) is 0 Å². The Bertz CT molecular complexity index is 589. The van der Waals surface area contributed by atoms with Gasteiger partial charge in [0.2, 0.25) is 0 Å². The van der Waals surface area contributed by atoms with Gasteiger partial charge in [0.05, 0.1) is 37.5 Å². The predicted octanol–water partition coefficient (Wildman–Crippen LogP) is 0.0698. The molecule has 0 spiro atoms. The molecule has 4 rings (SSSR count). The van der Waals surface area contributed by atoms with Crippen LogP contribution in [0, 0.1) is 0 Å². The summed E-state index contributed by atoms with van der Waals surface area (Å²) in [6, 6.07) is 8.65. The SMILES string of the molecule is c1ccc2c3n(nc2c1)CCOC3C1COCC[NH2+]1. The Morgan fingerprint density at radius 3 is 3.11 bits per heavy atom. The van der Waals surface area contributed by atoms with Crippen LogP contribution in [-0.2, 0) is 16.0 Å². The Balaban J connectivity index is 1.80. The fraction of sp³-hybridized carbons (Fsp3) is 0.500. The Labute approximate surface area is 111 Å². The maximum Gasteiger partial charge on any atom is 0.153 e. The summed E-state index contributed by atoms with van der Waals surface area (Å²) in [5.41, 5.74) is 2.28. The van der Waals surface area contributed by atoms with Gasteiger partial charge in [-0.05, 0) is 6.07 Å². The van der Waals surface area contributed by atoms with Crippen molar-refractivity contribution in [1.82, 2.24) is 9.78 Å². The lowest BCUT2D eigenvalue weighted by Gasteiger charge is -2.31. The van der Waals surface area contributed by atoms with Crippen LogP contribution in [0.2, 0.25) is 0 Å². The highest BCUT2D eigenvalue weighted by Gasteiger charge is 2.35. The topological polar surface area (TPSA) is 52.9 Å². The molecule has 1 fully saturated rings. The first-order valence-electron chi connectivity index (χ1n) is 6.91. The highest BCUT2D eigenvalue weighted by atomic mass is 16.5. The Morgan fingerprint density at radius 1 is 1.26 bits per heavy atom. The summed E-state index contributed by atoms with van der Waals surface area (Å²) in [5, 5.41) is 8.23. The van der Waals surface area contributed by atoms with E-state index in [0.717, 1.165) is 38.4 Å². The van der Waals surface area contributed by atoms with E-state index in [9.17, 15) is 0 Å². The van der Waals surface area contributed by atoms with Crippen LogP contribution in [0.5, 0.6) is 0 Å². The van der Waals surface area contributed by atoms with Gasteiger partial charge in [0.15, 0.2) is 6.10 Å². The molecule has 0 radical (unpaired) electrons. The highest BCUT2D eigenvalue weighted by molar-refractivity contribution is 5.82. The molecule has 0 saturated carbocycles. The molecule has 2 atom stereocenters. The van der Waals surface area contributed by atoms with Crippen LogP contribution in [0.15, 0.2) is 24.3 Å². The van der Waals surface area contributed by atoms with Crippen molar-refractivity contribution in [2.24, 2.45) is 0 Å². The quantitative estimate of drug-likeness (QED) is 0.789. The van der Waals surface area contributed by atoms with Gasteiger partial charge in [-0.3, -0.25) is 4.68 Å². The highest BCUT2D eigenvalue weighted by Crippen LogP contribution is 2.31. The van der Waals surface area contributed by atoms with E-state index < -0.39 is 0 Å². The first kappa shape index (κ1) is 11.4. The standard InChI is InChI=1S/C14H17N3O2/c1-2-4-11-10(3-1)13-14(12-9-18-7-5-15-12)19-8-6-17(13)16-11/h1-4,12,14-15H,5-9H2/p+1. The molecule has 2 aromatic rings. The maximum atomic E-state index is 6.04. The molecule has 0 bridgehead atoms. The lowest BCUT2D eigenvalue weighted by molar-refractivity contribution is -0.713. The van der Waals surface area contributed by atoms with E-state index in [-0.39, 0.29) is 6.10 Å². The molecule has 5 heteroatoms. The zero-order valence-electron chi connectivity index (χ0n) is 10.8. The lowest BCUT2D eigenvalue weighted by Crippen LogP contribution is -2.95. The van der Waals surface area contributed by atoms with Gasteiger partial charge < -0.3 is 14.8 Å². The van der Waals surface area contributed by atoms with Gasteiger partial charge in [-0.25, -0.2) is 0 Å². The summed E-state index contributed by atoms with van der Waals surface area (Å²) >= 11 is 0. The second kappa shape index (κ2) is 4.59. The van der Waals surface area contributed by atoms with E-state index in [1.165, 1.54) is 11.1 Å². The van der Waals surface area contributed by atoms with Crippen molar-refractivity contribution in [3.05, 3.63) is 30.0 Å². The van der Waals surface area contributed by atoms with Crippen molar-refractivity contribution in [2.75, 3.05) is 26.4 Å². The summed E-state index contributed by atoms with van der Waals surface area (Å²) in [7, 11) is 0. The molecule has 5 nitrogen and oxygen atoms in total. The molecular formula is C14H18N3O2+. The molecule has 2 aliphatic heterocycles. The van der Waals surface area contributed by atoms with E-state index in [1.807, 2.05) is 6.07 Å². The summed E-state index contributed by atoms with van der Waals surface area (Å²) in [5.74, 6) is 0. The number of fused-ring (bicyclic) bond motifs is 3. The minimum Gasteiger partial charge on any atom is -0.369 e. The Kier molecular flexibility index (Phi) is 2.76. The van der Waals surface area contributed by atoms with Gasteiger partial charge in [0, 0.05) is 5.39 Å². The zero-order chi connectivity index (χ0) is 12.7. The molecule has 0 amide bonds. The van der Waals surface area contributed by atoms with Crippen molar-refractivity contribution in [3.8, 4) is 0 Å². The first-order valence-corrected chi connectivity index (χ1v) is 6.91. The molecule has 2 N–H and O–H groups in total. The maximum absolute atomic E-state index is 6.04. The average molecular weight is 260 g/mol. The minimum atomic E-state index is 0.0847. The van der Waals surface area contributed by atoms with E-state index in [1.54, 1.807) is 0 Å². The molecular weight excluding hydrogens is 242 g/mol. The summed E-state index contributed by atoms with van der Waals surface area (Å²) in [4.78, 5) is 0. The number of nitrogens with two attached hydrogens (primary N) is 1. The van der Waals surface area contributed by atoms with Crippen molar-refractivity contribution < 1.29 is 14.8 Å². The second-order valence-corrected chi connectivity index (χ2v) is 5.18. The lowest BCUT2D eigenvalue weighted by atomic mass is 10.0. The molecule has 100 valence electrons. The zero-order valence-corrected chi connectivity index (χ0v) is 10.8. The van der Waals surface area contributed by atoms with Crippen LogP contribution in [0.4, 0.5) is 0 Å². The summed E-state index contributed by atoms with van der Waals surface area (Å²) in [6.45, 7) is 4.17. The summed E-state index contributed by atoms with van der Waals surface area (Å²) < 4.78 is 13.7. The molecule has 19 heavy (non-hydrogen) atoms. The van der Waals surface area contributed by atoms with E-state index >= 15 is 0 Å². The van der Waals surface area contributed by atoms with Crippen LogP contribution in [0.25, 0.3) is 10.9 Å². The van der Waals surface area contributed by atoms with Gasteiger partial charge in [-0.15, -0.1) is 0 Å². The fourth-order valence-corrected chi connectivity index (χ4v) is 3.11. The number of quaternary nitrogens is 1. The van der Waals surface area contributed by atoms with Crippen molar-refractivity contribution >= 4 is 10.9 Å². The van der Waals surface area contributed by atoms with Gasteiger partial charge in [-0.2, -0.15) is 5.10 Å². The van der Waals surface area contributed by atoms with Gasteiger partial charge in [0.1, 0.15) is 12.6 Å². The number of rotatable bonds is 1. The van der Waals surface area contributed by atoms with Crippen LogP contribution in [0.3, 0.4) is 0 Å². The minimum absolute atomic E-state index is 0.0847. The van der Waals surface area contributed by atoms with Crippen LogP contribution in [0.1, 0.15) is 11.8 Å². The third kappa shape index (κ3) is 1.85. The number of benzene rings is 1. The van der Waals surface area contributed by atoms with Gasteiger partial charge >= 0.3 is 0 Å². The van der Waals surface area contributed by atoms with Crippen LogP contribution < -0.4 is 5.32 Å². The van der Waals surface area contributed by atoms with Crippen molar-refractivity contribution in [2.45, 2.75) is 18.7 Å². The first-order chi connectivity index (χ1) is 9.43. The van der Waals surface area contributed by atoms with E-state index in [4.69, 9.17) is 9.47 Å². The molecule has 1 aromatic heterocycles. The molecule has 2 unspecified atom stereocenters. The van der Waals surface area contributed by atoms with Gasteiger partial charge in [0.25, 0.3) is 0 Å². The number of ether oxygens (including phenoxy) is 2. The van der Waals surface area contributed by atoms with Crippen LogP contribution >= 0.6 is 0 Å². The monoisotopic (exact) mass is 260 g/mol. The third-order valence-electron chi connectivity index (χ3n) is 3.99. The molecule has 1 saturated heterocycles. The van der Waals surface area contributed by atoms with Crippen LogP contribution in [-0.4, -0.2) is 42.2 Å². The van der Waals surface area contributed by atoms with Crippen molar-refractivity contribution in [1.29, 1.82) is 0 Å². The average Bonchev–Trinajstić information content (AvgIpc) is 2.86.